The molecule has 2 N–H and O–H groups in total. The molecule has 0 saturated carbocycles. The number of hydrogen-bond acceptors (Lipinski definition) is 5. The molecule has 1 fully saturated rings. The van der Waals surface area contributed by atoms with E-state index >= 15 is 0 Å². The third kappa shape index (κ3) is 5.93. The van der Waals surface area contributed by atoms with Gasteiger partial charge in [-0.3, -0.25) is 14.4 Å². The predicted octanol–water partition coefficient (Wildman–Crippen LogP) is 5.89. The molecule has 2 heterocycles. The standard InChI is InChI=1S/C29H24ClN3O4S/c30-22-13-7-19(8-14-22)17-33-26(34)18-38-29(33)21-11-9-20(10-12-21)27(35)32-25-6-2-1-5-24(25)28(36)31-16-23-4-3-15-37-23/h1-15,29H,16-18H2,(H,31,36)(H,32,35)/t29-/m1/s1. The van der Waals surface area contributed by atoms with Crippen molar-refractivity contribution in [2.75, 3.05) is 11.1 Å². The molecule has 9 heteroatoms. The first kappa shape index (κ1) is 25.6. The summed E-state index contributed by atoms with van der Waals surface area (Å²) in [5.41, 5.74) is 3.13. The zero-order chi connectivity index (χ0) is 26.5. The van der Waals surface area contributed by atoms with Crippen LogP contribution in [-0.2, 0) is 17.9 Å². The van der Waals surface area contributed by atoms with Gasteiger partial charge in [0.1, 0.15) is 11.1 Å². The molecule has 4 aromatic rings. The molecule has 38 heavy (non-hydrogen) atoms. The number of hydrogen-bond donors (Lipinski definition) is 2. The number of benzene rings is 3. The van der Waals surface area contributed by atoms with Gasteiger partial charge in [-0.2, -0.15) is 0 Å². The van der Waals surface area contributed by atoms with E-state index in [0.29, 0.717) is 39.9 Å². The van der Waals surface area contributed by atoms with Crippen LogP contribution in [0.1, 0.15) is 43.0 Å². The third-order valence-corrected chi connectivity index (χ3v) is 7.62. The van der Waals surface area contributed by atoms with Crippen molar-refractivity contribution < 1.29 is 18.8 Å². The Morgan fingerprint density at radius 2 is 1.71 bits per heavy atom. The van der Waals surface area contributed by atoms with Crippen molar-refractivity contribution in [1.29, 1.82) is 0 Å². The Morgan fingerprint density at radius 3 is 2.45 bits per heavy atom. The molecule has 1 aliphatic rings. The summed E-state index contributed by atoms with van der Waals surface area (Å²) in [6.07, 6.45) is 1.54. The van der Waals surface area contributed by atoms with Gasteiger partial charge in [-0.1, -0.05) is 48.0 Å². The Kier molecular flexibility index (Phi) is 7.81. The summed E-state index contributed by atoms with van der Waals surface area (Å²) in [4.78, 5) is 40.2. The number of thioether (sulfide) groups is 1. The van der Waals surface area contributed by atoms with Gasteiger partial charge in [0.15, 0.2) is 0 Å². The topological polar surface area (TPSA) is 91.6 Å². The third-order valence-electron chi connectivity index (χ3n) is 6.12. The van der Waals surface area contributed by atoms with Crippen LogP contribution in [0.3, 0.4) is 0 Å². The minimum Gasteiger partial charge on any atom is -0.467 e. The van der Waals surface area contributed by atoms with Crippen molar-refractivity contribution in [3.05, 3.63) is 124 Å². The van der Waals surface area contributed by atoms with Gasteiger partial charge < -0.3 is 20.0 Å². The first-order valence-electron chi connectivity index (χ1n) is 11.9. The van der Waals surface area contributed by atoms with E-state index in [1.54, 1.807) is 66.6 Å². The molecule has 1 aromatic heterocycles. The van der Waals surface area contributed by atoms with Crippen LogP contribution in [0.4, 0.5) is 5.69 Å². The predicted molar refractivity (Wildman–Crippen MR) is 148 cm³/mol. The molecule has 1 atom stereocenters. The van der Waals surface area contributed by atoms with E-state index in [1.165, 1.54) is 0 Å². The molecule has 0 radical (unpaired) electrons. The number of nitrogens with zero attached hydrogens (tertiary/aromatic N) is 1. The summed E-state index contributed by atoms with van der Waals surface area (Å²) >= 11 is 7.55. The molecule has 3 amide bonds. The van der Waals surface area contributed by atoms with Crippen LogP contribution in [0.25, 0.3) is 0 Å². The molecule has 0 bridgehead atoms. The Morgan fingerprint density at radius 1 is 0.947 bits per heavy atom. The molecular weight excluding hydrogens is 522 g/mol. The van der Waals surface area contributed by atoms with E-state index in [0.717, 1.165) is 11.1 Å². The maximum Gasteiger partial charge on any atom is 0.255 e. The largest absolute Gasteiger partial charge is 0.467 e. The number of amides is 3. The van der Waals surface area contributed by atoms with Gasteiger partial charge in [0, 0.05) is 17.1 Å². The summed E-state index contributed by atoms with van der Waals surface area (Å²) in [5.74, 6) is 0.444. The highest BCUT2D eigenvalue weighted by atomic mass is 35.5. The minimum absolute atomic E-state index is 0.0682. The number of anilines is 1. The summed E-state index contributed by atoms with van der Waals surface area (Å²) in [7, 11) is 0. The fourth-order valence-electron chi connectivity index (χ4n) is 4.15. The normalized spacial score (nSPS) is 14.9. The monoisotopic (exact) mass is 545 g/mol. The second-order valence-corrected chi connectivity index (χ2v) is 10.2. The van der Waals surface area contributed by atoms with Crippen molar-refractivity contribution in [1.82, 2.24) is 10.2 Å². The molecular formula is C29H24ClN3O4S. The smallest absolute Gasteiger partial charge is 0.255 e. The number of furan rings is 1. The summed E-state index contributed by atoms with van der Waals surface area (Å²) in [6, 6.07) is 25.0. The van der Waals surface area contributed by atoms with Gasteiger partial charge in [0.2, 0.25) is 5.91 Å². The lowest BCUT2D eigenvalue weighted by Gasteiger charge is -2.24. The second kappa shape index (κ2) is 11.6. The van der Waals surface area contributed by atoms with Gasteiger partial charge in [-0.15, -0.1) is 11.8 Å². The first-order chi connectivity index (χ1) is 18.5. The van der Waals surface area contributed by atoms with Gasteiger partial charge in [-0.05, 0) is 59.7 Å². The average Bonchev–Trinajstić information content (AvgIpc) is 3.59. The molecule has 192 valence electrons. The molecule has 7 nitrogen and oxygen atoms in total. The summed E-state index contributed by atoms with van der Waals surface area (Å²) in [6.45, 7) is 0.723. The maximum atomic E-state index is 13.0. The number of nitrogens with one attached hydrogen (secondary N) is 2. The Hall–Kier alpha value is -4.01. The van der Waals surface area contributed by atoms with E-state index in [2.05, 4.69) is 10.6 Å². The van der Waals surface area contributed by atoms with E-state index in [1.807, 2.05) is 41.3 Å². The molecule has 3 aromatic carbocycles. The zero-order valence-electron chi connectivity index (χ0n) is 20.2. The Balaban J connectivity index is 1.25. The Bertz CT molecular complexity index is 1440. The van der Waals surface area contributed by atoms with Crippen LogP contribution < -0.4 is 10.6 Å². The van der Waals surface area contributed by atoms with Gasteiger partial charge in [-0.25, -0.2) is 0 Å². The number of para-hydroxylation sites is 1. The van der Waals surface area contributed by atoms with E-state index in [-0.39, 0.29) is 29.6 Å². The van der Waals surface area contributed by atoms with Crippen molar-refractivity contribution in [3.8, 4) is 0 Å². The summed E-state index contributed by atoms with van der Waals surface area (Å²) in [5, 5.41) is 6.14. The van der Waals surface area contributed by atoms with Crippen LogP contribution in [0.15, 0.2) is 95.6 Å². The van der Waals surface area contributed by atoms with Gasteiger partial charge >= 0.3 is 0 Å². The molecule has 0 spiro atoms. The number of rotatable bonds is 8. The van der Waals surface area contributed by atoms with E-state index < -0.39 is 0 Å². The quantitative estimate of drug-likeness (QED) is 0.288. The summed E-state index contributed by atoms with van der Waals surface area (Å²) < 4.78 is 5.25. The molecule has 1 saturated heterocycles. The second-order valence-electron chi connectivity index (χ2n) is 8.70. The number of carbonyl (C=O) groups is 3. The van der Waals surface area contributed by atoms with Crippen LogP contribution >= 0.6 is 23.4 Å². The highest BCUT2D eigenvalue weighted by molar-refractivity contribution is 8.00. The van der Waals surface area contributed by atoms with Crippen LogP contribution in [0.2, 0.25) is 5.02 Å². The lowest BCUT2D eigenvalue weighted by atomic mass is 10.1. The van der Waals surface area contributed by atoms with Gasteiger partial charge in [0.05, 0.1) is 29.8 Å². The van der Waals surface area contributed by atoms with Crippen LogP contribution in [-0.4, -0.2) is 28.4 Å². The highest BCUT2D eigenvalue weighted by Gasteiger charge is 2.32. The number of halogens is 1. The fraction of sp³-hybridized carbons (Fsp3) is 0.138. The number of carbonyl (C=O) groups excluding carboxylic acids is 3. The SMILES string of the molecule is O=C(Nc1ccccc1C(=O)NCc1ccco1)c1ccc([C@H]2SCC(=O)N2Cc2ccc(Cl)cc2)cc1. The molecule has 5 rings (SSSR count). The lowest BCUT2D eigenvalue weighted by Crippen LogP contribution is -2.27. The molecule has 1 aliphatic heterocycles. The van der Waals surface area contributed by atoms with E-state index in [4.69, 9.17) is 16.0 Å². The van der Waals surface area contributed by atoms with Crippen molar-refractivity contribution in [2.24, 2.45) is 0 Å². The average molecular weight is 546 g/mol. The van der Waals surface area contributed by atoms with Crippen molar-refractivity contribution in [3.63, 3.8) is 0 Å². The highest BCUT2D eigenvalue weighted by Crippen LogP contribution is 2.39. The molecule has 0 aliphatic carbocycles. The zero-order valence-corrected chi connectivity index (χ0v) is 21.8. The molecule has 0 unspecified atom stereocenters. The van der Waals surface area contributed by atoms with E-state index in [9.17, 15) is 14.4 Å². The van der Waals surface area contributed by atoms with Crippen molar-refractivity contribution in [2.45, 2.75) is 18.5 Å². The Labute approximate surface area is 229 Å². The fourth-order valence-corrected chi connectivity index (χ4v) is 5.46. The van der Waals surface area contributed by atoms with Gasteiger partial charge in [0.25, 0.3) is 11.8 Å². The van der Waals surface area contributed by atoms with Crippen LogP contribution in [0, 0.1) is 0 Å². The maximum absolute atomic E-state index is 13.0. The first-order valence-corrected chi connectivity index (χ1v) is 13.4. The van der Waals surface area contributed by atoms with Crippen LogP contribution in [0.5, 0.6) is 0 Å². The lowest BCUT2D eigenvalue weighted by molar-refractivity contribution is -0.128. The van der Waals surface area contributed by atoms with Crippen molar-refractivity contribution >= 4 is 46.8 Å². The minimum atomic E-state index is -0.337.